The zero-order chi connectivity index (χ0) is 20.6. The zero-order valence-corrected chi connectivity index (χ0v) is 16.8. The van der Waals surface area contributed by atoms with Crippen molar-refractivity contribution in [1.82, 2.24) is 0 Å². The Balaban J connectivity index is 2.32. The molecule has 148 valence electrons. The van der Waals surface area contributed by atoms with E-state index in [0.717, 1.165) is 11.1 Å². The number of rotatable bonds is 7. The fourth-order valence-electron chi connectivity index (χ4n) is 2.68. The van der Waals surface area contributed by atoms with E-state index in [2.05, 4.69) is 0 Å². The van der Waals surface area contributed by atoms with Gasteiger partial charge in [0.1, 0.15) is 11.6 Å². The Kier molecular flexibility index (Phi) is 7.50. The van der Waals surface area contributed by atoms with Gasteiger partial charge in [-0.1, -0.05) is 60.7 Å². The predicted octanol–water partition coefficient (Wildman–Crippen LogP) is 4.19. The van der Waals surface area contributed by atoms with Crippen molar-refractivity contribution in [3.63, 3.8) is 0 Å². The Morgan fingerprint density at radius 1 is 0.929 bits per heavy atom. The molecule has 2 aromatic rings. The van der Waals surface area contributed by atoms with Crippen LogP contribution in [0.3, 0.4) is 0 Å². The minimum atomic E-state index is -0.798. The van der Waals surface area contributed by atoms with Crippen molar-refractivity contribution >= 4 is 17.7 Å². The van der Waals surface area contributed by atoms with Crippen LogP contribution in [-0.2, 0) is 19.1 Å². The summed E-state index contributed by atoms with van der Waals surface area (Å²) in [6.45, 7) is 5.43. The van der Waals surface area contributed by atoms with Crippen LogP contribution < -0.4 is 0 Å². The van der Waals surface area contributed by atoms with E-state index in [4.69, 9.17) is 14.5 Å². The van der Waals surface area contributed by atoms with Crippen molar-refractivity contribution in [2.45, 2.75) is 45.3 Å². The van der Waals surface area contributed by atoms with Crippen LogP contribution in [-0.4, -0.2) is 36.4 Å². The molecule has 0 fully saturated rings. The van der Waals surface area contributed by atoms with E-state index < -0.39 is 17.6 Å². The van der Waals surface area contributed by atoms with Crippen LogP contribution in [0.15, 0.2) is 65.7 Å². The number of carbonyl (C=O) groups is 2. The zero-order valence-electron chi connectivity index (χ0n) is 16.8. The molecule has 0 bridgehead atoms. The van der Waals surface area contributed by atoms with Crippen molar-refractivity contribution in [1.29, 1.82) is 0 Å². The number of nitrogens with zero attached hydrogens (tertiary/aromatic N) is 1. The van der Waals surface area contributed by atoms with Gasteiger partial charge in [-0.25, -0.2) is 4.79 Å². The van der Waals surface area contributed by atoms with E-state index in [1.165, 1.54) is 7.11 Å². The number of hydrogen-bond donors (Lipinski definition) is 0. The van der Waals surface area contributed by atoms with Crippen molar-refractivity contribution < 1.29 is 19.1 Å². The Morgan fingerprint density at radius 2 is 1.43 bits per heavy atom. The van der Waals surface area contributed by atoms with E-state index in [1.807, 2.05) is 81.4 Å². The van der Waals surface area contributed by atoms with Crippen molar-refractivity contribution in [2.24, 2.45) is 4.99 Å². The molecule has 28 heavy (non-hydrogen) atoms. The van der Waals surface area contributed by atoms with Gasteiger partial charge in [-0.3, -0.25) is 9.79 Å². The normalized spacial score (nSPS) is 12.0. The summed E-state index contributed by atoms with van der Waals surface area (Å²) in [7, 11) is 1.32. The van der Waals surface area contributed by atoms with Crippen LogP contribution in [0.5, 0.6) is 0 Å². The fraction of sp³-hybridized carbons (Fsp3) is 0.348. The first-order chi connectivity index (χ1) is 13.3. The van der Waals surface area contributed by atoms with Crippen molar-refractivity contribution in [3.8, 4) is 0 Å². The van der Waals surface area contributed by atoms with E-state index in [-0.39, 0.29) is 18.8 Å². The lowest BCUT2D eigenvalue weighted by molar-refractivity contribution is -0.155. The maximum Gasteiger partial charge on any atom is 0.330 e. The molecule has 0 amide bonds. The third-order valence-corrected chi connectivity index (χ3v) is 3.89. The van der Waals surface area contributed by atoms with Gasteiger partial charge in [0.15, 0.2) is 0 Å². The van der Waals surface area contributed by atoms with Crippen molar-refractivity contribution in [2.75, 3.05) is 7.11 Å². The summed E-state index contributed by atoms with van der Waals surface area (Å²) < 4.78 is 10.3. The molecule has 0 aliphatic rings. The molecule has 0 saturated carbocycles. The van der Waals surface area contributed by atoms with Gasteiger partial charge in [0.05, 0.1) is 12.8 Å². The summed E-state index contributed by atoms with van der Waals surface area (Å²) in [5.41, 5.74) is 1.89. The molecule has 0 radical (unpaired) electrons. The summed E-state index contributed by atoms with van der Waals surface area (Å²) in [5, 5.41) is 0. The predicted molar refractivity (Wildman–Crippen MR) is 109 cm³/mol. The van der Waals surface area contributed by atoms with Crippen LogP contribution in [0.2, 0.25) is 0 Å². The molecule has 0 spiro atoms. The van der Waals surface area contributed by atoms with Gasteiger partial charge in [-0.2, -0.15) is 0 Å². The second-order valence-electron chi connectivity index (χ2n) is 7.37. The number of ether oxygens (including phenoxy) is 2. The van der Waals surface area contributed by atoms with Gasteiger partial charge in [0, 0.05) is 17.5 Å². The fourth-order valence-corrected chi connectivity index (χ4v) is 2.68. The number of hydrogen-bond acceptors (Lipinski definition) is 5. The van der Waals surface area contributed by atoms with Crippen LogP contribution in [0.25, 0.3) is 0 Å². The average Bonchev–Trinajstić information content (AvgIpc) is 2.67. The van der Waals surface area contributed by atoms with E-state index in [9.17, 15) is 9.59 Å². The lowest BCUT2D eigenvalue weighted by atomic mass is 10.0. The number of methoxy groups -OCH3 is 1. The molecule has 0 aliphatic carbocycles. The molecule has 1 unspecified atom stereocenters. The molecule has 5 nitrogen and oxygen atoms in total. The van der Waals surface area contributed by atoms with Gasteiger partial charge in [-0.15, -0.1) is 0 Å². The molecule has 0 aromatic heterocycles. The summed E-state index contributed by atoms with van der Waals surface area (Å²) in [5.74, 6) is -0.842. The van der Waals surface area contributed by atoms with Gasteiger partial charge >= 0.3 is 11.9 Å². The monoisotopic (exact) mass is 381 g/mol. The summed E-state index contributed by atoms with van der Waals surface area (Å²) in [4.78, 5) is 29.1. The maximum atomic E-state index is 12.3. The Bertz CT molecular complexity index is 766. The molecule has 0 N–H and O–H groups in total. The summed E-state index contributed by atoms with van der Waals surface area (Å²) in [6, 6.07) is 18.5. The first-order valence-corrected chi connectivity index (χ1v) is 9.28. The summed E-state index contributed by atoms with van der Waals surface area (Å²) in [6.07, 6.45) is 0.294. The molecule has 0 aliphatic heterocycles. The minimum Gasteiger partial charge on any atom is -0.467 e. The molecular formula is C23H27NO4. The second-order valence-corrected chi connectivity index (χ2v) is 7.37. The third-order valence-electron chi connectivity index (χ3n) is 3.89. The largest absolute Gasteiger partial charge is 0.467 e. The van der Waals surface area contributed by atoms with Crippen LogP contribution in [0, 0.1) is 0 Å². The molecule has 5 heteroatoms. The lowest BCUT2D eigenvalue weighted by Crippen LogP contribution is -2.27. The molecule has 1 atom stereocenters. The lowest BCUT2D eigenvalue weighted by Gasteiger charge is -2.20. The summed E-state index contributed by atoms with van der Waals surface area (Å²) >= 11 is 0. The van der Waals surface area contributed by atoms with E-state index >= 15 is 0 Å². The molecule has 2 aromatic carbocycles. The SMILES string of the molecule is COC(=O)C(CCC(=O)OC(C)(C)C)N=C(c1ccccc1)c1ccccc1. The number of aliphatic imine (C=N–C) groups is 1. The second kappa shape index (κ2) is 9.83. The van der Waals surface area contributed by atoms with E-state index in [1.54, 1.807) is 0 Å². The topological polar surface area (TPSA) is 65.0 Å². The Labute approximate surface area is 166 Å². The smallest absolute Gasteiger partial charge is 0.330 e. The van der Waals surface area contributed by atoms with Gasteiger partial charge in [0.2, 0.25) is 0 Å². The number of benzene rings is 2. The molecule has 0 saturated heterocycles. The van der Waals surface area contributed by atoms with Crippen molar-refractivity contribution in [3.05, 3.63) is 71.8 Å². The molecular weight excluding hydrogens is 354 g/mol. The highest BCUT2D eigenvalue weighted by molar-refractivity contribution is 6.13. The highest BCUT2D eigenvalue weighted by atomic mass is 16.6. The highest BCUT2D eigenvalue weighted by Crippen LogP contribution is 2.16. The van der Waals surface area contributed by atoms with Gasteiger partial charge < -0.3 is 9.47 Å². The molecule has 2 rings (SSSR count). The standard InChI is InChI=1S/C23H27NO4/c1-23(2,3)28-20(25)16-15-19(22(26)27-4)24-21(17-11-7-5-8-12-17)18-13-9-6-10-14-18/h5-14,19H,15-16H2,1-4H3. The highest BCUT2D eigenvalue weighted by Gasteiger charge is 2.23. The first-order valence-electron chi connectivity index (χ1n) is 9.28. The van der Waals surface area contributed by atoms with E-state index in [0.29, 0.717) is 5.71 Å². The molecule has 0 heterocycles. The average molecular weight is 381 g/mol. The minimum absolute atomic E-state index is 0.0808. The van der Waals surface area contributed by atoms with Crippen LogP contribution >= 0.6 is 0 Å². The number of carbonyl (C=O) groups excluding carboxylic acids is 2. The Morgan fingerprint density at radius 3 is 1.86 bits per heavy atom. The van der Waals surface area contributed by atoms with Gasteiger partial charge in [0.25, 0.3) is 0 Å². The van der Waals surface area contributed by atoms with Crippen LogP contribution in [0.1, 0.15) is 44.7 Å². The quantitative estimate of drug-likeness (QED) is 0.533. The first kappa shape index (κ1) is 21.4. The Hall–Kier alpha value is -2.95. The van der Waals surface area contributed by atoms with Crippen LogP contribution in [0.4, 0.5) is 0 Å². The van der Waals surface area contributed by atoms with Gasteiger partial charge in [-0.05, 0) is 27.2 Å². The third kappa shape index (κ3) is 6.65. The number of esters is 2. The maximum absolute atomic E-state index is 12.3.